The number of carbonyl (C=O) groups is 2. The zero-order chi connectivity index (χ0) is 19.0. The molecule has 0 saturated carbocycles. The van der Waals surface area contributed by atoms with Gasteiger partial charge in [0.15, 0.2) is 13.1 Å². The summed E-state index contributed by atoms with van der Waals surface area (Å²) in [4.78, 5) is 25.1. The van der Waals surface area contributed by atoms with Crippen LogP contribution in [0.4, 0.5) is 5.69 Å². The second kappa shape index (κ2) is 9.19. The predicted octanol–water partition coefficient (Wildman–Crippen LogP) is 0.757. The molecule has 1 rings (SSSR count). The second-order valence-corrected chi connectivity index (χ2v) is 6.89. The molecule has 3 N–H and O–H groups in total. The number of hydrogen-bond donors (Lipinski definition) is 3. The Morgan fingerprint density at radius 1 is 1.24 bits per heavy atom. The van der Waals surface area contributed by atoms with Gasteiger partial charge in [-0.05, 0) is 30.9 Å². The lowest BCUT2D eigenvalue weighted by Gasteiger charge is -2.27. The summed E-state index contributed by atoms with van der Waals surface area (Å²) < 4.78 is 0. The van der Waals surface area contributed by atoms with Crippen LogP contribution in [0.2, 0.25) is 0 Å². The Morgan fingerprint density at radius 3 is 2.40 bits per heavy atom. The van der Waals surface area contributed by atoms with Crippen molar-refractivity contribution in [3.8, 4) is 6.07 Å². The zero-order valence-corrected chi connectivity index (χ0v) is 15.8. The van der Waals surface area contributed by atoms with Crippen molar-refractivity contribution in [1.82, 2.24) is 5.32 Å². The van der Waals surface area contributed by atoms with E-state index in [0.29, 0.717) is 0 Å². The molecule has 0 radical (unpaired) electrons. The van der Waals surface area contributed by atoms with Crippen LogP contribution in [-0.2, 0) is 16.0 Å². The monoisotopic (exact) mass is 345 g/mol. The van der Waals surface area contributed by atoms with Crippen molar-refractivity contribution in [3.05, 3.63) is 29.8 Å². The molecular weight excluding hydrogens is 316 g/mol. The molecule has 1 aromatic rings. The number of likely N-dealkylation sites (N-methyl/N-ethyl adjacent to an activating group) is 1. The number of carbonyl (C=O) groups excluding carboxylic acids is 2. The van der Waals surface area contributed by atoms with E-state index in [4.69, 9.17) is 0 Å². The topological polar surface area (TPSA) is 86.4 Å². The minimum atomic E-state index is -0.903. The van der Waals surface area contributed by atoms with Gasteiger partial charge in [0.2, 0.25) is 0 Å². The summed E-state index contributed by atoms with van der Waals surface area (Å²) in [6.07, 6.45) is 0.837. The molecule has 1 unspecified atom stereocenters. The fourth-order valence-electron chi connectivity index (χ4n) is 2.39. The molecule has 0 aliphatic carbocycles. The third-order valence-electron chi connectivity index (χ3n) is 4.38. The van der Waals surface area contributed by atoms with Gasteiger partial charge in [0.25, 0.3) is 11.8 Å². The Bertz CT molecular complexity index is 651. The normalized spacial score (nSPS) is 14.3. The van der Waals surface area contributed by atoms with Gasteiger partial charge in [-0.1, -0.05) is 39.0 Å². The Labute approximate surface area is 150 Å². The van der Waals surface area contributed by atoms with Gasteiger partial charge in [0.1, 0.15) is 5.54 Å². The third kappa shape index (κ3) is 6.20. The van der Waals surface area contributed by atoms with Gasteiger partial charge in [-0.25, -0.2) is 0 Å². The van der Waals surface area contributed by atoms with E-state index in [1.54, 1.807) is 14.0 Å². The number of nitrogens with one attached hydrogen (secondary N) is 3. The van der Waals surface area contributed by atoms with Crippen LogP contribution in [0.1, 0.15) is 33.3 Å². The lowest BCUT2D eigenvalue weighted by Crippen LogP contribution is -3.11. The second-order valence-electron chi connectivity index (χ2n) is 6.89. The molecule has 136 valence electrons. The van der Waals surface area contributed by atoms with Crippen LogP contribution in [0.3, 0.4) is 0 Å². The summed E-state index contributed by atoms with van der Waals surface area (Å²) in [6.45, 7) is 7.83. The smallest absolute Gasteiger partial charge is 0.279 e. The first kappa shape index (κ1) is 20.7. The Morgan fingerprint density at radius 2 is 1.84 bits per heavy atom. The minimum Gasteiger partial charge on any atom is -0.333 e. The van der Waals surface area contributed by atoms with Crippen LogP contribution in [0.25, 0.3) is 0 Å². The van der Waals surface area contributed by atoms with Gasteiger partial charge in [-0.2, -0.15) is 5.26 Å². The molecule has 25 heavy (non-hydrogen) atoms. The number of quaternary nitrogens is 1. The zero-order valence-electron chi connectivity index (χ0n) is 15.8. The summed E-state index contributed by atoms with van der Waals surface area (Å²) >= 11 is 0. The van der Waals surface area contributed by atoms with Gasteiger partial charge >= 0.3 is 0 Å². The maximum atomic E-state index is 12.2. The number of nitrogens with zero attached hydrogens (tertiary/aromatic N) is 1. The lowest BCUT2D eigenvalue weighted by atomic mass is 9.90. The molecule has 0 aromatic heterocycles. The molecule has 6 heteroatoms. The van der Waals surface area contributed by atoms with Gasteiger partial charge in [0, 0.05) is 5.69 Å². The third-order valence-corrected chi connectivity index (χ3v) is 4.38. The molecule has 0 aliphatic heterocycles. The average Bonchev–Trinajstić information content (AvgIpc) is 2.54. The molecule has 0 heterocycles. The first-order chi connectivity index (χ1) is 11.7. The van der Waals surface area contributed by atoms with Gasteiger partial charge in [-0.3, -0.25) is 9.59 Å². The van der Waals surface area contributed by atoms with Crippen molar-refractivity contribution in [2.24, 2.45) is 5.92 Å². The van der Waals surface area contributed by atoms with E-state index in [0.717, 1.165) is 22.6 Å². The molecular formula is C19H29N4O2+. The standard InChI is InChI=1S/C19H28N4O2/c1-6-15-9-7-8-10-16(15)21-17(24)11-23(5)12-18(25)22-19(4,13-20)14(2)3/h7-10,14H,6,11-12H2,1-5H3,(H,21,24)(H,22,25)/p+1/t19-/m0/s1. The first-order valence-corrected chi connectivity index (χ1v) is 8.63. The molecule has 6 nitrogen and oxygen atoms in total. The first-order valence-electron chi connectivity index (χ1n) is 8.63. The maximum Gasteiger partial charge on any atom is 0.279 e. The summed E-state index contributed by atoms with van der Waals surface area (Å²) in [7, 11) is 1.78. The Kier molecular flexibility index (Phi) is 7.59. The van der Waals surface area contributed by atoms with Gasteiger partial charge in [0.05, 0.1) is 13.1 Å². The number of rotatable bonds is 8. The highest BCUT2D eigenvalue weighted by molar-refractivity contribution is 5.92. The maximum absolute atomic E-state index is 12.2. The SMILES string of the molecule is CCc1ccccc1NC(=O)C[NH+](C)CC(=O)N[C@@](C)(C#N)C(C)C. The van der Waals surface area contributed by atoms with Crippen molar-refractivity contribution in [3.63, 3.8) is 0 Å². The quantitative estimate of drug-likeness (QED) is 0.650. The molecule has 1 aromatic carbocycles. The van der Waals surface area contributed by atoms with Crippen LogP contribution in [0.15, 0.2) is 24.3 Å². The largest absolute Gasteiger partial charge is 0.333 e. The van der Waals surface area contributed by atoms with Crippen molar-refractivity contribution >= 4 is 17.5 Å². The predicted molar refractivity (Wildman–Crippen MR) is 98.1 cm³/mol. The van der Waals surface area contributed by atoms with E-state index >= 15 is 0 Å². The molecule has 2 amide bonds. The van der Waals surface area contributed by atoms with Crippen LogP contribution < -0.4 is 15.5 Å². The van der Waals surface area contributed by atoms with E-state index in [1.807, 2.05) is 45.0 Å². The number of benzene rings is 1. The highest BCUT2D eigenvalue weighted by atomic mass is 16.2. The van der Waals surface area contributed by atoms with Crippen molar-refractivity contribution in [2.75, 3.05) is 25.5 Å². The van der Waals surface area contributed by atoms with Crippen LogP contribution in [-0.4, -0.2) is 37.5 Å². The highest BCUT2D eigenvalue weighted by Gasteiger charge is 2.31. The molecule has 0 saturated heterocycles. The fourth-order valence-corrected chi connectivity index (χ4v) is 2.39. The van der Waals surface area contributed by atoms with Gasteiger partial charge < -0.3 is 15.5 Å². The van der Waals surface area contributed by atoms with Crippen LogP contribution in [0, 0.1) is 17.2 Å². The number of amides is 2. The lowest BCUT2D eigenvalue weighted by molar-refractivity contribution is -0.862. The molecule has 0 spiro atoms. The van der Waals surface area contributed by atoms with E-state index in [-0.39, 0.29) is 30.8 Å². The number of nitriles is 1. The number of aryl methyl sites for hydroxylation is 1. The number of para-hydroxylation sites is 1. The minimum absolute atomic E-state index is 0.00407. The summed E-state index contributed by atoms with van der Waals surface area (Å²) in [5.74, 6) is -0.384. The number of hydrogen-bond acceptors (Lipinski definition) is 3. The van der Waals surface area contributed by atoms with E-state index < -0.39 is 5.54 Å². The molecule has 0 fully saturated rings. The summed E-state index contributed by atoms with van der Waals surface area (Å²) in [5.41, 5.74) is 0.983. The van der Waals surface area contributed by atoms with Gasteiger partial charge in [-0.15, -0.1) is 0 Å². The Balaban J connectivity index is 2.56. The summed E-state index contributed by atoms with van der Waals surface area (Å²) in [5, 5.41) is 14.9. The average molecular weight is 345 g/mol. The van der Waals surface area contributed by atoms with Crippen LogP contribution >= 0.6 is 0 Å². The van der Waals surface area contributed by atoms with Crippen molar-refractivity contribution < 1.29 is 14.5 Å². The molecule has 2 atom stereocenters. The van der Waals surface area contributed by atoms with Crippen LogP contribution in [0.5, 0.6) is 0 Å². The number of anilines is 1. The van der Waals surface area contributed by atoms with E-state index in [2.05, 4.69) is 16.7 Å². The van der Waals surface area contributed by atoms with Crippen molar-refractivity contribution in [1.29, 1.82) is 5.26 Å². The Hall–Kier alpha value is -2.39. The molecule has 0 bridgehead atoms. The highest BCUT2D eigenvalue weighted by Crippen LogP contribution is 2.15. The van der Waals surface area contributed by atoms with Crippen molar-refractivity contribution in [2.45, 2.75) is 39.7 Å². The summed E-state index contributed by atoms with van der Waals surface area (Å²) in [6, 6.07) is 9.83. The van der Waals surface area contributed by atoms with E-state index in [1.165, 1.54) is 0 Å². The van der Waals surface area contributed by atoms with E-state index in [9.17, 15) is 14.9 Å². The fraction of sp³-hybridized carbons (Fsp3) is 0.526. The molecule has 0 aliphatic rings.